The molecule has 0 spiro atoms. The fraction of sp³-hybridized carbons (Fsp3) is 0.263. The number of methoxy groups -OCH3 is 1. The Hall–Kier alpha value is -2.35. The van der Waals surface area contributed by atoms with Crippen LogP contribution in [0.5, 0.6) is 5.75 Å². The minimum absolute atomic E-state index is 0.0718. The van der Waals surface area contributed by atoms with Gasteiger partial charge in [0.05, 0.1) is 35.7 Å². The molecule has 0 aliphatic heterocycles. The molecule has 2 aromatic heterocycles. The SMILES string of the molecule is COc1csc(-c2cc(COC(C)(C)C(=O)O)nn2-c2cccc(Cl)c2)c1. The Bertz CT molecular complexity index is 964. The van der Waals surface area contributed by atoms with Crippen LogP contribution in [0.1, 0.15) is 19.5 Å². The fourth-order valence-corrected chi connectivity index (χ4v) is 3.40. The largest absolute Gasteiger partial charge is 0.496 e. The second-order valence-electron chi connectivity index (χ2n) is 6.37. The summed E-state index contributed by atoms with van der Waals surface area (Å²) in [5.74, 6) is -0.265. The lowest BCUT2D eigenvalue weighted by molar-refractivity contribution is -0.162. The van der Waals surface area contributed by atoms with E-state index in [1.54, 1.807) is 17.9 Å². The molecule has 0 aliphatic carbocycles. The molecule has 0 bridgehead atoms. The van der Waals surface area contributed by atoms with Crippen LogP contribution in [0.25, 0.3) is 16.3 Å². The number of hydrogen-bond donors (Lipinski definition) is 1. The Morgan fingerprint density at radius 2 is 2.11 bits per heavy atom. The first-order chi connectivity index (χ1) is 12.8. The van der Waals surface area contributed by atoms with Crippen molar-refractivity contribution in [3.05, 3.63) is 52.5 Å². The quantitative estimate of drug-likeness (QED) is 0.618. The molecule has 0 fully saturated rings. The molecule has 1 N–H and O–H groups in total. The topological polar surface area (TPSA) is 73.6 Å². The zero-order chi connectivity index (χ0) is 19.6. The summed E-state index contributed by atoms with van der Waals surface area (Å²) in [7, 11) is 1.62. The van der Waals surface area contributed by atoms with Crippen LogP contribution in [-0.4, -0.2) is 33.6 Å². The summed E-state index contributed by atoms with van der Waals surface area (Å²) in [5.41, 5.74) is 0.962. The molecule has 2 heterocycles. The molecule has 1 aromatic carbocycles. The Morgan fingerprint density at radius 3 is 2.74 bits per heavy atom. The third kappa shape index (κ3) is 4.32. The lowest BCUT2D eigenvalue weighted by atomic mass is 10.1. The van der Waals surface area contributed by atoms with Crippen molar-refractivity contribution in [3.8, 4) is 22.0 Å². The van der Waals surface area contributed by atoms with Crippen LogP contribution >= 0.6 is 22.9 Å². The van der Waals surface area contributed by atoms with Gasteiger partial charge in [-0.2, -0.15) is 5.10 Å². The van der Waals surface area contributed by atoms with Gasteiger partial charge in [0.2, 0.25) is 0 Å². The molecule has 0 radical (unpaired) electrons. The summed E-state index contributed by atoms with van der Waals surface area (Å²) in [6, 6.07) is 11.2. The third-order valence-corrected chi connectivity index (χ3v) is 5.14. The van der Waals surface area contributed by atoms with E-state index in [1.807, 2.05) is 35.7 Å². The van der Waals surface area contributed by atoms with E-state index in [0.29, 0.717) is 10.7 Å². The molecule has 0 saturated carbocycles. The average Bonchev–Trinajstić information content (AvgIpc) is 3.26. The lowest BCUT2D eigenvalue weighted by Gasteiger charge is -2.19. The van der Waals surface area contributed by atoms with Gasteiger partial charge in [-0.05, 0) is 38.1 Å². The lowest BCUT2D eigenvalue weighted by Crippen LogP contribution is -2.34. The monoisotopic (exact) mass is 406 g/mol. The summed E-state index contributed by atoms with van der Waals surface area (Å²) in [5, 5.41) is 16.3. The van der Waals surface area contributed by atoms with E-state index in [4.69, 9.17) is 21.1 Å². The maximum atomic E-state index is 11.3. The van der Waals surface area contributed by atoms with Crippen molar-refractivity contribution in [1.82, 2.24) is 9.78 Å². The molecular formula is C19H19ClN2O4S. The maximum absolute atomic E-state index is 11.3. The normalized spacial score (nSPS) is 11.6. The fourth-order valence-electron chi connectivity index (χ4n) is 2.36. The number of thiophene rings is 1. The third-order valence-electron chi connectivity index (χ3n) is 3.97. The second kappa shape index (κ2) is 7.72. The van der Waals surface area contributed by atoms with Crippen LogP contribution in [0.2, 0.25) is 5.02 Å². The molecule has 0 atom stereocenters. The van der Waals surface area contributed by atoms with E-state index in [1.165, 1.54) is 25.2 Å². The van der Waals surface area contributed by atoms with Crippen molar-refractivity contribution in [2.24, 2.45) is 0 Å². The first-order valence-corrected chi connectivity index (χ1v) is 9.41. The van der Waals surface area contributed by atoms with Crippen molar-refractivity contribution in [2.75, 3.05) is 7.11 Å². The number of hydrogen-bond acceptors (Lipinski definition) is 5. The Balaban J connectivity index is 1.99. The summed E-state index contributed by atoms with van der Waals surface area (Å²) >= 11 is 7.66. The van der Waals surface area contributed by atoms with E-state index in [-0.39, 0.29) is 6.61 Å². The van der Waals surface area contributed by atoms with Gasteiger partial charge in [-0.25, -0.2) is 9.48 Å². The highest BCUT2D eigenvalue weighted by molar-refractivity contribution is 7.13. The van der Waals surface area contributed by atoms with Gasteiger partial charge in [-0.1, -0.05) is 17.7 Å². The molecule has 6 nitrogen and oxygen atoms in total. The summed E-state index contributed by atoms with van der Waals surface area (Å²) < 4.78 is 12.6. The van der Waals surface area contributed by atoms with E-state index in [0.717, 1.165) is 22.0 Å². The van der Waals surface area contributed by atoms with E-state index >= 15 is 0 Å². The van der Waals surface area contributed by atoms with E-state index < -0.39 is 11.6 Å². The predicted octanol–water partition coefficient (Wildman–Crippen LogP) is 4.64. The van der Waals surface area contributed by atoms with Gasteiger partial charge in [-0.15, -0.1) is 11.3 Å². The van der Waals surface area contributed by atoms with Crippen molar-refractivity contribution < 1.29 is 19.4 Å². The van der Waals surface area contributed by atoms with Gasteiger partial charge < -0.3 is 14.6 Å². The van der Waals surface area contributed by atoms with E-state index in [2.05, 4.69) is 5.10 Å². The van der Waals surface area contributed by atoms with Crippen molar-refractivity contribution in [1.29, 1.82) is 0 Å². The van der Waals surface area contributed by atoms with Crippen LogP contribution in [0.15, 0.2) is 41.8 Å². The minimum atomic E-state index is -1.30. The molecule has 0 aliphatic rings. The number of carboxylic acid groups (broad SMARTS) is 1. The van der Waals surface area contributed by atoms with Crippen LogP contribution in [-0.2, 0) is 16.1 Å². The summed E-state index contributed by atoms with van der Waals surface area (Å²) in [6.07, 6.45) is 0. The molecular weight excluding hydrogens is 388 g/mol. The Morgan fingerprint density at radius 1 is 1.33 bits per heavy atom. The van der Waals surface area contributed by atoms with Crippen molar-refractivity contribution in [3.63, 3.8) is 0 Å². The Kier molecular flexibility index (Phi) is 5.55. The van der Waals surface area contributed by atoms with Gasteiger partial charge in [0.1, 0.15) is 5.75 Å². The zero-order valence-corrected chi connectivity index (χ0v) is 16.7. The van der Waals surface area contributed by atoms with Crippen molar-refractivity contribution >= 4 is 28.9 Å². The van der Waals surface area contributed by atoms with Crippen molar-refractivity contribution in [2.45, 2.75) is 26.1 Å². The predicted molar refractivity (Wildman–Crippen MR) is 105 cm³/mol. The highest BCUT2D eigenvalue weighted by Crippen LogP contribution is 2.33. The standard InChI is InChI=1S/C19H19ClN2O4S/c1-19(2,18(23)24)26-10-13-8-16(17-9-15(25-3)11-27-17)22(21-13)14-6-4-5-12(20)7-14/h4-9,11H,10H2,1-3H3,(H,23,24). The number of ether oxygens (including phenoxy) is 2. The van der Waals surface area contributed by atoms with E-state index in [9.17, 15) is 9.90 Å². The number of aromatic nitrogens is 2. The number of halogens is 1. The number of rotatable bonds is 7. The molecule has 8 heteroatoms. The van der Waals surface area contributed by atoms with Gasteiger partial charge in [0.15, 0.2) is 5.60 Å². The first kappa shape index (κ1) is 19.4. The summed E-state index contributed by atoms with van der Waals surface area (Å²) in [6.45, 7) is 3.09. The molecule has 0 unspecified atom stereocenters. The molecule has 142 valence electrons. The average molecular weight is 407 g/mol. The van der Waals surface area contributed by atoms with Gasteiger partial charge in [0.25, 0.3) is 0 Å². The van der Waals surface area contributed by atoms with Crippen LogP contribution in [0.3, 0.4) is 0 Å². The van der Waals surface area contributed by atoms with Gasteiger partial charge in [-0.3, -0.25) is 0 Å². The molecule has 0 amide bonds. The van der Waals surface area contributed by atoms with Crippen LogP contribution in [0, 0.1) is 0 Å². The summed E-state index contributed by atoms with van der Waals surface area (Å²) in [4.78, 5) is 12.2. The first-order valence-electron chi connectivity index (χ1n) is 8.15. The number of nitrogens with zero attached hydrogens (tertiary/aromatic N) is 2. The molecule has 3 aromatic rings. The number of benzene rings is 1. The maximum Gasteiger partial charge on any atom is 0.335 e. The molecule has 27 heavy (non-hydrogen) atoms. The minimum Gasteiger partial charge on any atom is -0.496 e. The van der Waals surface area contributed by atoms with Crippen LogP contribution in [0.4, 0.5) is 0 Å². The van der Waals surface area contributed by atoms with Crippen LogP contribution < -0.4 is 4.74 Å². The zero-order valence-electron chi connectivity index (χ0n) is 15.1. The van der Waals surface area contributed by atoms with Gasteiger partial charge in [0, 0.05) is 16.5 Å². The molecule has 0 saturated heterocycles. The highest BCUT2D eigenvalue weighted by atomic mass is 35.5. The number of aliphatic carboxylic acids is 1. The number of carboxylic acids is 1. The van der Waals surface area contributed by atoms with Gasteiger partial charge >= 0.3 is 5.97 Å². The highest BCUT2D eigenvalue weighted by Gasteiger charge is 2.28. The molecule has 3 rings (SSSR count). The smallest absolute Gasteiger partial charge is 0.335 e. The Labute approximate surface area is 165 Å². The number of carbonyl (C=O) groups is 1. The second-order valence-corrected chi connectivity index (χ2v) is 7.72.